The van der Waals surface area contributed by atoms with Crippen molar-refractivity contribution in [1.82, 2.24) is 15.1 Å². The maximum absolute atomic E-state index is 14.5. The molecule has 252 valence electrons. The summed E-state index contributed by atoms with van der Waals surface area (Å²) in [7, 11) is 0. The molecule has 2 N–H and O–H groups in total. The van der Waals surface area contributed by atoms with Crippen LogP contribution in [0.5, 0.6) is 0 Å². The van der Waals surface area contributed by atoms with Gasteiger partial charge in [0.15, 0.2) is 0 Å². The summed E-state index contributed by atoms with van der Waals surface area (Å²) in [6.45, 7) is 14.9. The Balaban J connectivity index is 1.71. The minimum absolute atomic E-state index is 0.124. The molecule has 0 aliphatic carbocycles. The van der Waals surface area contributed by atoms with E-state index < -0.39 is 59.6 Å². The van der Waals surface area contributed by atoms with Crippen LogP contribution in [0.25, 0.3) is 0 Å². The number of nitrogens with zero attached hydrogens (tertiary/aromatic N) is 2. The summed E-state index contributed by atoms with van der Waals surface area (Å²) < 4.78 is 12.9. The molecule has 0 radical (unpaired) electrons. The second kappa shape index (κ2) is 15.3. The van der Waals surface area contributed by atoms with Gasteiger partial charge in [-0.15, -0.1) is 13.2 Å². The number of alkyl halides is 1. The van der Waals surface area contributed by atoms with Gasteiger partial charge in [0.05, 0.1) is 36.6 Å². The summed E-state index contributed by atoms with van der Waals surface area (Å²) in [5, 5.41) is 13.2. The Hall–Kier alpha value is -3.02. The maximum Gasteiger partial charge on any atom is 0.313 e. The number of nitrogens with one attached hydrogen (secondary N) is 1. The Morgan fingerprint density at radius 1 is 1.22 bits per heavy atom. The van der Waals surface area contributed by atoms with Crippen LogP contribution in [0, 0.1) is 11.8 Å². The van der Waals surface area contributed by atoms with Crippen molar-refractivity contribution in [3.63, 3.8) is 0 Å². The molecular weight excluding hydrogens is 654 g/mol. The van der Waals surface area contributed by atoms with Gasteiger partial charge in [0.1, 0.15) is 17.7 Å². The summed E-state index contributed by atoms with van der Waals surface area (Å²) in [6, 6.07) is 6.71. The fourth-order valence-electron chi connectivity index (χ4n) is 7.48. The number of rotatable bonds is 16. The van der Waals surface area contributed by atoms with Gasteiger partial charge >= 0.3 is 5.97 Å². The van der Waals surface area contributed by atoms with E-state index in [0.717, 1.165) is 12.8 Å². The van der Waals surface area contributed by atoms with Crippen molar-refractivity contribution in [2.45, 2.75) is 107 Å². The third-order valence-electron chi connectivity index (χ3n) is 9.61. The van der Waals surface area contributed by atoms with Crippen LogP contribution >= 0.6 is 15.9 Å². The van der Waals surface area contributed by atoms with Gasteiger partial charge in [0.25, 0.3) is 0 Å². The molecule has 10 nitrogen and oxygen atoms in total. The molecule has 11 heteroatoms. The number of carbonyl (C=O) groups excluding carboxylic acids is 4. The van der Waals surface area contributed by atoms with E-state index in [9.17, 15) is 24.3 Å². The number of likely N-dealkylation sites (tertiary alicyclic amines) is 1. The van der Waals surface area contributed by atoms with Crippen LogP contribution in [-0.2, 0) is 28.7 Å². The van der Waals surface area contributed by atoms with Gasteiger partial charge in [-0.3, -0.25) is 19.2 Å². The molecule has 3 saturated heterocycles. The molecule has 3 heterocycles. The number of benzene rings is 1. The molecule has 10 atom stereocenters. The van der Waals surface area contributed by atoms with Crippen molar-refractivity contribution >= 4 is 39.6 Å². The number of esters is 1. The van der Waals surface area contributed by atoms with E-state index in [4.69, 9.17) is 9.47 Å². The predicted octanol–water partition coefficient (Wildman–Crippen LogP) is 4.07. The quantitative estimate of drug-likeness (QED) is 0.151. The summed E-state index contributed by atoms with van der Waals surface area (Å²) in [6.07, 6.45) is 4.50. The second-order valence-electron chi connectivity index (χ2n) is 12.8. The van der Waals surface area contributed by atoms with Crippen LogP contribution in [0.15, 0.2) is 55.6 Å². The minimum Gasteiger partial charge on any atom is -0.455 e. The molecule has 2 bridgehead atoms. The average molecular weight is 703 g/mol. The van der Waals surface area contributed by atoms with E-state index in [0.29, 0.717) is 18.4 Å². The van der Waals surface area contributed by atoms with Gasteiger partial charge in [0, 0.05) is 23.8 Å². The zero-order valence-corrected chi connectivity index (χ0v) is 28.9. The number of hydrogen-bond donors (Lipinski definition) is 2. The standard InChI is InChI=1S/C35H48BrN3O7/c1-7-10-17-26(41)37-23(6)29(24-15-12-11-13-16-24)45-34(44)27-28-32(42)39(22(5)20-40)31(35(28)19-25(36)30(27)46-35)33(43)38(18-9-3)21(4)14-8-2/h7,9,11-13,15-16,21-23,25,27-31,40H,1,3,8,10,14,17-20H2,2,4-6H3,(H,37,41)/t21?,22-,23+,25?,27-,28+,29+,30-,31-,35+/m1/s1. The summed E-state index contributed by atoms with van der Waals surface area (Å²) in [5.41, 5.74) is -0.606. The number of ether oxygens (including phenoxy) is 2. The molecule has 3 fully saturated rings. The monoisotopic (exact) mass is 701 g/mol. The van der Waals surface area contributed by atoms with E-state index in [2.05, 4.69) is 34.4 Å². The number of amides is 3. The first-order chi connectivity index (χ1) is 22.0. The number of aliphatic hydroxyl groups excluding tert-OH is 1. The lowest BCUT2D eigenvalue weighted by molar-refractivity contribution is -0.162. The van der Waals surface area contributed by atoms with Crippen LogP contribution in [0.2, 0.25) is 0 Å². The lowest BCUT2D eigenvalue weighted by atomic mass is 9.70. The zero-order valence-electron chi connectivity index (χ0n) is 27.3. The number of allylic oxidation sites excluding steroid dienone is 1. The number of fused-ring (bicyclic) bond motifs is 1. The Bertz CT molecular complexity index is 1290. The Morgan fingerprint density at radius 3 is 2.52 bits per heavy atom. The molecular formula is C35H48BrN3O7. The van der Waals surface area contributed by atoms with Gasteiger partial charge in [-0.1, -0.05) is 71.8 Å². The lowest BCUT2D eigenvalue weighted by Crippen LogP contribution is -2.59. The van der Waals surface area contributed by atoms with Crippen molar-refractivity contribution in [1.29, 1.82) is 0 Å². The molecule has 0 aromatic heterocycles. The highest BCUT2D eigenvalue weighted by molar-refractivity contribution is 9.09. The SMILES string of the molecule is C=CCCC(=O)N[C@@H](C)[C@H](OC(=O)[C@H]1[C@@H]2O[C@@]3(CC2Br)[C@@H]1C(=O)N([C@H](C)CO)[C@@H]3C(=O)N(CC=C)C(C)CCC)c1ccccc1. The van der Waals surface area contributed by atoms with E-state index >= 15 is 0 Å². The molecule has 46 heavy (non-hydrogen) atoms. The highest BCUT2D eigenvalue weighted by Crippen LogP contribution is 2.61. The first-order valence-electron chi connectivity index (χ1n) is 16.3. The van der Waals surface area contributed by atoms with E-state index in [1.54, 1.807) is 30.9 Å². The molecule has 1 spiro atoms. The lowest BCUT2D eigenvalue weighted by Gasteiger charge is -2.40. The van der Waals surface area contributed by atoms with E-state index in [-0.39, 0.29) is 42.3 Å². The minimum atomic E-state index is -1.29. The highest BCUT2D eigenvalue weighted by Gasteiger charge is 2.77. The number of halogens is 1. The third kappa shape index (κ3) is 6.69. The van der Waals surface area contributed by atoms with Gasteiger partial charge in [0.2, 0.25) is 17.7 Å². The molecule has 0 saturated carbocycles. The molecule has 3 amide bonds. The predicted molar refractivity (Wildman–Crippen MR) is 178 cm³/mol. The molecule has 1 aromatic rings. The van der Waals surface area contributed by atoms with Crippen LogP contribution in [0.1, 0.15) is 71.5 Å². The largest absolute Gasteiger partial charge is 0.455 e. The van der Waals surface area contributed by atoms with Crippen LogP contribution in [0.3, 0.4) is 0 Å². The van der Waals surface area contributed by atoms with E-state index in [1.165, 1.54) is 4.90 Å². The smallest absolute Gasteiger partial charge is 0.313 e. The van der Waals surface area contributed by atoms with E-state index in [1.807, 2.05) is 44.2 Å². The molecule has 2 unspecified atom stereocenters. The van der Waals surface area contributed by atoms with Gasteiger partial charge in [-0.25, -0.2) is 0 Å². The normalized spacial score (nSPS) is 29.0. The van der Waals surface area contributed by atoms with Crippen molar-refractivity contribution < 1.29 is 33.8 Å². The topological polar surface area (TPSA) is 125 Å². The Morgan fingerprint density at radius 2 is 1.91 bits per heavy atom. The second-order valence-corrected chi connectivity index (χ2v) is 14.0. The summed E-state index contributed by atoms with van der Waals surface area (Å²) in [4.78, 5) is 58.6. The van der Waals surface area contributed by atoms with Crippen molar-refractivity contribution in [3.05, 3.63) is 61.2 Å². The number of aliphatic hydroxyl groups is 1. The zero-order chi connectivity index (χ0) is 33.8. The molecule has 3 aliphatic heterocycles. The number of carbonyl (C=O) groups is 4. The van der Waals surface area contributed by atoms with Crippen LogP contribution in [0.4, 0.5) is 0 Å². The maximum atomic E-state index is 14.5. The third-order valence-corrected chi connectivity index (χ3v) is 10.5. The van der Waals surface area contributed by atoms with Crippen molar-refractivity contribution in [2.75, 3.05) is 13.2 Å². The van der Waals surface area contributed by atoms with Gasteiger partial charge in [-0.2, -0.15) is 0 Å². The molecule has 4 rings (SSSR count). The summed E-state index contributed by atoms with van der Waals surface area (Å²) >= 11 is 3.71. The average Bonchev–Trinajstić information content (AvgIpc) is 3.64. The Labute approximate surface area is 280 Å². The molecule has 3 aliphatic rings. The number of hydrogen-bond acceptors (Lipinski definition) is 7. The van der Waals surface area contributed by atoms with Gasteiger partial charge in [-0.05, 0) is 45.6 Å². The van der Waals surface area contributed by atoms with Crippen molar-refractivity contribution in [3.8, 4) is 0 Å². The Kier molecular flexibility index (Phi) is 11.9. The first kappa shape index (κ1) is 35.8. The van der Waals surface area contributed by atoms with Gasteiger partial charge < -0.3 is 29.7 Å². The fourth-order valence-corrected chi connectivity index (χ4v) is 8.42. The van der Waals surface area contributed by atoms with Crippen LogP contribution < -0.4 is 5.32 Å². The van der Waals surface area contributed by atoms with Crippen molar-refractivity contribution in [2.24, 2.45) is 11.8 Å². The van der Waals surface area contributed by atoms with Crippen LogP contribution in [-0.4, -0.2) is 92.4 Å². The fraction of sp³-hybridized carbons (Fsp3) is 0.600. The molecule has 1 aromatic carbocycles. The summed E-state index contributed by atoms with van der Waals surface area (Å²) in [5.74, 6) is -3.52. The highest BCUT2D eigenvalue weighted by atomic mass is 79.9. The first-order valence-corrected chi connectivity index (χ1v) is 17.2.